The zero-order chi connectivity index (χ0) is 20.0. The predicted octanol–water partition coefficient (Wildman–Crippen LogP) is 1.93. The van der Waals surface area contributed by atoms with Crippen molar-refractivity contribution in [2.24, 2.45) is 10.9 Å². The SMILES string of the molecule is CCNC(=NCc1ccc(C(=O)NC)cc1)NCCCOCC1CCOCC1. The van der Waals surface area contributed by atoms with Gasteiger partial charge in [0.25, 0.3) is 5.91 Å². The van der Waals surface area contributed by atoms with E-state index in [1.165, 1.54) is 0 Å². The Morgan fingerprint density at radius 3 is 2.64 bits per heavy atom. The van der Waals surface area contributed by atoms with Crippen molar-refractivity contribution >= 4 is 11.9 Å². The van der Waals surface area contributed by atoms with Crippen molar-refractivity contribution in [3.05, 3.63) is 35.4 Å². The van der Waals surface area contributed by atoms with Crippen molar-refractivity contribution < 1.29 is 14.3 Å². The second kappa shape index (κ2) is 13.1. The number of rotatable bonds is 10. The molecule has 0 aliphatic carbocycles. The summed E-state index contributed by atoms with van der Waals surface area (Å²) < 4.78 is 11.2. The van der Waals surface area contributed by atoms with Gasteiger partial charge in [0, 0.05) is 52.1 Å². The fourth-order valence-electron chi connectivity index (χ4n) is 2.96. The van der Waals surface area contributed by atoms with Crippen LogP contribution in [0, 0.1) is 5.92 Å². The van der Waals surface area contributed by atoms with Gasteiger partial charge in [-0.05, 0) is 49.8 Å². The minimum absolute atomic E-state index is 0.0795. The largest absolute Gasteiger partial charge is 0.381 e. The van der Waals surface area contributed by atoms with E-state index in [0.717, 1.165) is 70.3 Å². The van der Waals surface area contributed by atoms with Crippen molar-refractivity contribution in [2.45, 2.75) is 32.7 Å². The van der Waals surface area contributed by atoms with Gasteiger partial charge in [0.1, 0.15) is 0 Å². The first kappa shape index (κ1) is 22.2. The van der Waals surface area contributed by atoms with Crippen LogP contribution in [0.1, 0.15) is 42.1 Å². The van der Waals surface area contributed by atoms with Crippen LogP contribution in [0.3, 0.4) is 0 Å². The zero-order valence-electron chi connectivity index (χ0n) is 17.1. The second-order valence-corrected chi connectivity index (χ2v) is 6.88. The highest BCUT2D eigenvalue weighted by atomic mass is 16.5. The summed E-state index contributed by atoms with van der Waals surface area (Å²) in [5.41, 5.74) is 1.71. The molecule has 2 rings (SSSR count). The molecule has 1 heterocycles. The Morgan fingerprint density at radius 1 is 1.21 bits per heavy atom. The summed E-state index contributed by atoms with van der Waals surface area (Å²) in [5.74, 6) is 1.36. The van der Waals surface area contributed by atoms with E-state index in [2.05, 4.69) is 20.9 Å². The lowest BCUT2D eigenvalue weighted by Crippen LogP contribution is -2.38. The first-order valence-corrected chi connectivity index (χ1v) is 10.2. The van der Waals surface area contributed by atoms with E-state index < -0.39 is 0 Å². The van der Waals surface area contributed by atoms with Gasteiger partial charge in [-0.3, -0.25) is 4.79 Å². The van der Waals surface area contributed by atoms with E-state index in [4.69, 9.17) is 9.47 Å². The number of amides is 1. The molecule has 7 heteroatoms. The van der Waals surface area contributed by atoms with Crippen LogP contribution in [0.2, 0.25) is 0 Å². The molecule has 1 amide bonds. The van der Waals surface area contributed by atoms with Gasteiger partial charge in [-0.25, -0.2) is 4.99 Å². The van der Waals surface area contributed by atoms with Crippen LogP contribution in [0.5, 0.6) is 0 Å². The third-order valence-electron chi connectivity index (χ3n) is 4.66. The molecule has 0 unspecified atom stereocenters. The number of hydrogen-bond acceptors (Lipinski definition) is 4. The third-order valence-corrected chi connectivity index (χ3v) is 4.66. The summed E-state index contributed by atoms with van der Waals surface area (Å²) in [6, 6.07) is 7.50. The van der Waals surface area contributed by atoms with Crippen LogP contribution < -0.4 is 16.0 Å². The van der Waals surface area contributed by atoms with Gasteiger partial charge < -0.3 is 25.4 Å². The summed E-state index contributed by atoms with van der Waals surface area (Å²) in [6.07, 6.45) is 3.16. The van der Waals surface area contributed by atoms with Crippen molar-refractivity contribution in [1.82, 2.24) is 16.0 Å². The van der Waals surface area contributed by atoms with E-state index in [9.17, 15) is 4.79 Å². The molecule has 0 aromatic heterocycles. The molecule has 1 aliphatic heterocycles. The molecule has 28 heavy (non-hydrogen) atoms. The summed E-state index contributed by atoms with van der Waals surface area (Å²) in [6.45, 7) is 7.56. The minimum Gasteiger partial charge on any atom is -0.381 e. The monoisotopic (exact) mass is 390 g/mol. The van der Waals surface area contributed by atoms with E-state index >= 15 is 0 Å². The molecule has 0 saturated carbocycles. The van der Waals surface area contributed by atoms with Crippen LogP contribution in [0.15, 0.2) is 29.3 Å². The van der Waals surface area contributed by atoms with Gasteiger partial charge in [0.05, 0.1) is 6.54 Å². The van der Waals surface area contributed by atoms with Crippen LogP contribution in [0.25, 0.3) is 0 Å². The number of nitrogens with one attached hydrogen (secondary N) is 3. The fraction of sp³-hybridized carbons (Fsp3) is 0.619. The Balaban J connectivity index is 1.67. The number of carbonyl (C=O) groups is 1. The van der Waals surface area contributed by atoms with Crippen molar-refractivity contribution in [2.75, 3.05) is 46.6 Å². The van der Waals surface area contributed by atoms with Gasteiger partial charge in [-0.2, -0.15) is 0 Å². The first-order chi connectivity index (χ1) is 13.7. The standard InChI is InChI=1S/C21H34N4O3/c1-3-23-21(24-11-4-12-28-16-18-9-13-27-14-10-18)25-15-17-5-7-19(8-6-17)20(26)22-2/h5-8,18H,3-4,9-16H2,1-2H3,(H,22,26)(H2,23,24,25). The number of carbonyl (C=O) groups excluding carboxylic acids is 1. The average Bonchev–Trinajstić information content (AvgIpc) is 2.75. The van der Waals surface area contributed by atoms with Crippen LogP contribution in [0.4, 0.5) is 0 Å². The van der Waals surface area contributed by atoms with Gasteiger partial charge >= 0.3 is 0 Å². The van der Waals surface area contributed by atoms with Crippen LogP contribution in [-0.4, -0.2) is 58.4 Å². The summed E-state index contributed by atoms with van der Waals surface area (Å²) in [4.78, 5) is 16.2. The maximum atomic E-state index is 11.6. The van der Waals surface area contributed by atoms with Crippen LogP contribution in [-0.2, 0) is 16.0 Å². The Kier molecular flexibility index (Phi) is 10.4. The molecule has 0 atom stereocenters. The normalized spacial score (nSPS) is 15.3. The topological polar surface area (TPSA) is 84.0 Å². The highest BCUT2D eigenvalue weighted by molar-refractivity contribution is 5.93. The zero-order valence-corrected chi connectivity index (χ0v) is 17.1. The number of nitrogens with zero attached hydrogens (tertiary/aromatic N) is 1. The fourth-order valence-corrected chi connectivity index (χ4v) is 2.96. The Morgan fingerprint density at radius 2 is 1.96 bits per heavy atom. The molecule has 0 bridgehead atoms. The second-order valence-electron chi connectivity index (χ2n) is 6.88. The number of benzene rings is 1. The highest BCUT2D eigenvalue weighted by Gasteiger charge is 2.13. The number of guanidine groups is 1. The van der Waals surface area contributed by atoms with Gasteiger partial charge in [-0.15, -0.1) is 0 Å². The lowest BCUT2D eigenvalue weighted by Gasteiger charge is -2.21. The summed E-state index contributed by atoms with van der Waals surface area (Å²) in [5, 5.41) is 9.22. The van der Waals surface area contributed by atoms with Crippen LogP contribution >= 0.6 is 0 Å². The number of ether oxygens (including phenoxy) is 2. The highest BCUT2D eigenvalue weighted by Crippen LogP contribution is 2.14. The average molecular weight is 391 g/mol. The van der Waals surface area contributed by atoms with Crippen molar-refractivity contribution in [3.63, 3.8) is 0 Å². The van der Waals surface area contributed by atoms with Crippen molar-refractivity contribution in [1.29, 1.82) is 0 Å². The van der Waals surface area contributed by atoms with E-state index in [1.807, 2.05) is 31.2 Å². The quantitative estimate of drug-likeness (QED) is 0.323. The number of aliphatic imine (C=N–C) groups is 1. The molecule has 1 saturated heterocycles. The molecule has 1 aromatic carbocycles. The maximum absolute atomic E-state index is 11.6. The molecule has 156 valence electrons. The molecule has 3 N–H and O–H groups in total. The van der Waals surface area contributed by atoms with Crippen molar-refractivity contribution in [3.8, 4) is 0 Å². The van der Waals surface area contributed by atoms with E-state index in [0.29, 0.717) is 18.0 Å². The summed E-state index contributed by atoms with van der Waals surface area (Å²) in [7, 11) is 1.63. The predicted molar refractivity (Wildman–Crippen MR) is 112 cm³/mol. The Labute approximate surface area is 168 Å². The van der Waals surface area contributed by atoms with Gasteiger partial charge in [0.2, 0.25) is 0 Å². The molecule has 1 aliphatic rings. The molecule has 1 fully saturated rings. The molecule has 0 spiro atoms. The molecular formula is C21H34N4O3. The third kappa shape index (κ3) is 8.27. The Hall–Kier alpha value is -2.12. The van der Waals surface area contributed by atoms with Gasteiger partial charge in [-0.1, -0.05) is 12.1 Å². The Bertz CT molecular complexity index is 598. The molecule has 1 aromatic rings. The molecule has 7 nitrogen and oxygen atoms in total. The lowest BCUT2D eigenvalue weighted by atomic mass is 10.0. The molecular weight excluding hydrogens is 356 g/mol. The van der Waals surface area contributed by atoms with E-state index in [1.54, 1.807) is 7.05 Å². The van der Waals surface area contributed by atoms with E-state index in [-0.39, 0.29) is 5.91 Å². The first-order valence-electron chi connectivity index (χ1n) is 10.2. The smallest absolute Gasteiger partial charge is 0.251 e. The maximum Gasteiger partial charge on any atom is 0.251 e. The lowest BCUT2D eigenvalue weighted by molar-refractivity contribution is 0.0203. The van der Waals surface area contributed by atoms with Gasteiger partial charge in [0.15, 0.2) is 5.96 Å². The molecule has 0 radical (unpaired) electrons. The number of hydrogen-bond donors (Lipinski definition) is 3. The minimum atomic E-state index is -0.0795. The summed E-state index contributed by atoms with van der Waals surface area (Å²) >= 11 is 0.